The summed E-state index contributed by atoms with van der Waals surface area (Å²) in [7, 11) is 0. The molecule has 1 aliphatic heterocycles. The highest BCUT2D eigenvalue weighted by molar-refractivity contribution is 6.11. The first-order valence-corrected chi connectivity index (χ1v) is 15.9. The number of hydrazone groups is 2. The lowest BCUT2D eigenvalue weighted by Crippen LogP contribution is -2.09. The summed E-state index contributed by atoms with van der Waals surface area (Å²) in [5, 5.41) is 16.2. The molecule has 1 aromatic heterocycles. The van der Waals surface area contributed by atoms with Gasteiger partial charge in [-0.25, -0.2) is 10.0 Å². The van der Waals surface area contributed by atoms with Gasteiger partial charge >= 0.3 is 0 Å². The Hall–Kier alpha value is -5.98. The average molecular weight is 612 g/mol. The smallest absolute Gasteiger partial charge is 0.0988 e. The van der Waals surface area contributed by atoms with E-state index in [0.717, 1.165) is 47.0 Å². The molecular weight excluding hydrogens is 578 g/mol. The molecule has 1 saturated heterocycles. The molecule has 0 saturated carbocycles. The number of anilines is 4. The molecule has 0 N–H and O–H groups in total. The number of hydrogen-bond acceptors (Lipinski definition) is 5. The number of hydrogen-bond donors (Lipinski definition) is 0. The van der Waals surface area contributed by atoms with Crippen molar-refractivity contribution >= 4 is 57.0 Å². The molecule has 1 fully saturated rings. The topological polar surface area (TPSA) is 48.7 Å². The third kappa shape index (κ3) is 6.15. The second kappa shape index (κ2) is 12.8. The van der Waals surface area contributed by atoms with Gasteiger partial charge in [0.15, 0.2) is 0 Å². The molecular formula is C41H33N5O. The van der Waals surface area contributed by atoms with Crippen LogP contribution in [0.3, 0.4) is 0 Å². The fourth-order valence-electron chi connectivity index (χ4n) is 5.96. The van der Waals surface area contributed by atoms with Crippen molar-refractivity contribution in [2.75, 3.05) is 16.6 Å². The first kappa shape index (κ1) is 28.5. The van der Waals surface area contributed by atoms with Crippen LogP contribution in [-0.4, -0.2) is 29.7 Å². The fraction of sp³-hybridized carbons (Fsp3) is 0.0732. The number of fused-ring (bicyclic) bond motifs is 3. The van der Waals surface area contributed by atoms with Gasteiger partial charge in [0.05, 0.1) is 54.4 Å². The summed E-state index contributed by atoms with van der Waals surface area (Å²) in [6, 6.07) is 54.1. The molecule has 47 heavy (non-hydrogen) atoms. The number of aromatic nitrogens is 1. The van der Waals surface area contributed by atoms with Crippen LogP contribution in [0.2, 0.25) is 0 Å². The van der Waals surface area contributed by atoms with Crippen LogP contribution in [0.25, 0.3) is 21.8 Å². The lowest BCUT2D eigenvalue weighted by molar-refractivity contribution is 0.387. The number of benzene rings is 6. The van der Waals surface area contributed by atoms with Gasteiger partial charge in [0, 0.05) is 21.8 Å². The second-order valence-corrected chi connectivity index (χ2v) is 11.6. The highest BCUT2D eigenvalue weighted by Gasteiger charge is 2.25. The minimum Gasteiger partial charge on any atom is -0.371 e. The van der Waals surface area contributed by atoms with E-state index in [-0.39, 0.29) is 6.10 Å². The fourth-order valence-corrected chi connectivity index (χ4v) is 5.96. The van der Waals surface area contributed by atoms with Gasteiger partial charge in [-0.2, -0.15) is 10.2 Å². The Morgan fingerprint density at radius 1 is 0.532 bits per heavy atom. The Balaban J connectivity index is 1.18. The summed E-state index contributed by atoms with van der Waals surface area (Å²) in [5.74, 6) is 0. The van der Waals surface area contributed by atoms with E-state index in [9.17, 15) is 0 Å². The number of para-hydroxylation sites is 4. The summed E-state index contributed by atoms with van der Waals surface area (Å²) in [6.45, 7) is 1.63. The molecule has 8 rings (SSSR count). The molecule has 6 nitrogen and oxygen atoms in total. The van der Waals surface area contributed by atoms with Crippen LogP contribution in [-0.2, 0) is 11.3 Å². The van der Waals surface area contributed by atoms with Crippen LogP contribution < -0.4 is 10.0 Å². The molecule has 0 spiro atoms. The molecule has 1 atom stereocenters. The van der Waals surface area contributed by atoms with Gasteiger partial charge in [-0.3, -0.25) is 0 Å². The third-order valence-corrected chi connectivity index (χ3v) is 8.35. The predicted molar refractivity (Wildman–Crippen MR) is 194 cm³/mol. The lowest BCUT2D eigenvalue weighted by atomic mass is 10.1. The zero-order valence-corrected chi connectivity index (χ0v) is 25.8. The molecule has 6 aromatic carbocycles. The van der Waals surface area contributed by atoms with Crippen molar-refractivity contribution in [1.82, 2.24) is 4.57 Å². The van der Waals surface area contributed by atoms with Crippen molar-refractivity contribution in [2.45, 2.75) is 12.6 Å². The lowest BCUT2D eigenvalue weighted by Gasteiger charge is -2.19. The van der Waals surface area contributed by atoms with Crippen LogP contribution in [0.1, 0.15) is 11.1 Å². The zero-order valence-electron chi connectivity index (χ0n) is 25.8. The van der Waals surface area contributed by atoms with E-state index in [1.54, 1.807) is 0 Å². The highest BCUT2D eigenvalue weighted by Crippen LogP contribution is 2.33. The largest absolute Gasteiger partial charge is 0.371 e. The van der Waals surface area contributed by atoms with Crippen LogP contribution in [0.15, 0.2) is 168 Å². The van der Waals surface area contributed by atoms with E-state index in [4.69, 9.17) is 14.9 Å². The van der Waals surface area contributed by atoms with Gasteiger partial charge in [0.25, 0.3) is 0 Å². The number of ether oxygens (including phenoxy) is 1. The van der Waals surface area contributed by atoms with Crippen molar-refractivity contribution in [3.63, 3.8) is 0 Å². The number of epoxide rings is 1. The molecule has 7 aromatic rings. The molecule has 228 valence electrons. The predicted octanol–water partition coefficient (Wildman–Crippen LogP) is 9.54. The number of nitrogens with zero attached hydrogens (tertiary/aromatic N) is 5. The van der Waals surface area contributed by atoms with Crippen molar-refractivity contribution in [2.24, 2.45) is 10.2 Å². The van der Waals surface area contributed by atoms with E-state index in [1.165, 1.54) is 21.8 Å². The first-order chi connectivity index (χ1) is 23.3. The van der Waals surface area contributed by atoms with Crippen LogP contribution in [0.5, 0.6) is 0 Å². The highest BCUT2D eigenvalue weighted by atomic mass is 16.6. The van der Waals surface area contributed by atoms with Crippen LogP contribution in [0.4, 0.5) is 22.7 Å². The number of rotatable bonds is 10. The van der Waals surface area contributed by atoms with E-state index >= 15 is 0 Å². The third-order valence-electron chi connectivity index (χ3n) is 8.35. The minimum absolute atomic E-state index is 0.256. The summed E-state index contributed by atoms with van der Waals surface area (Å²) >= 11 is 0. The average Bonchev–Trinajstić information content (AvgIpc) is 3.92. The van der Waals surface area contributed by atoms with Crippen LogP contribution in [0, 0.1) is 0 Å². The molecule has 0 bridgehead atoms. The summed E-state index contributed by atoms with van der Waals surface area (Å²) in [4.78, 5) is 0. The summed E-state index contributed by atoms with van der Waals surface area (Å²) in [5.41, 5.74) is 8.41. The van der Waals surface area contributed by atoms with Crippen molar-refractivity contribution in [3.8, 4) is 0 Å². The van der Waals surface area contributed by atoms with E-state index in [1.807, 2.05) is 95.2 Å². The summed E-state index contributed by atoms with van der Waals surface area (Å²) < 4.78 is 8.03. The van der Waals surface area contributed by atoms with Crippen molar-refractivity contribution in [1.29, 1.82) is 0 Å². The Kier molecular flexibility index (Phi) is 7.75. The Morgan fingerprint density at radius 2 is 0.894 bits per heavy atom. The van der Waals surface area contributed by atoms with Gasteiger partial charge < -0.3 is 9.30 Å². The van der Waals surface area contributed by atoms with E-state index < -0.39 is 0 Å². The maximum atomic E-state index is 5.65. The molecule has 0 amide bonds. The van der Waals surface area contributed by atoms with Gasteiger partial charge in [-0.15, -0.1) is 0 Å². The molecule has 1 unspecified atom stereocenters. The van der Waals surface area contributed by atoms with E-state index in [0.29, 0.717) is 0 Å². The molecule has 0 aliphatic carbocycles. The Bertz CT molecular complexity index is 1940. The second-order valence-electron chi connectivity index (χ2n) is 11.6. The van der Waals surface area contributed by atoms with Gasteiger partial charge in [0.2, 0.25) is 0 Å². The zero-order chi connectivity index (χ0) is 31.4. The minimum atomic E-state index is 0.256. The molecule has 1 aliphatic rings. The van der Waals surface area contributed by atoms with Crippen LogP contribution >= 0.6 is 0 Å². The molecule has 6 heteroatoms. The summed E-state index contributed by atoms with van der Waals surface area (Å²) in [6.07, 6.45) is 4.14. The van der Waals surface area contributed by atoms with E-state index in [2.05, 4.69) is 89.5 Å². The molecule has 0 radical (unpaired) electrons. The van der Waals surface area contributed by atoms with Crippen molar-refractivity contribution in [3.05, 3.63) is 169 Å². The SMILES string of the molecule is C(=NN(c1ccccc1)c1ccccc1)c1ccc2c(c1)c1cc(C=NN(c3ccccc3)c3ccccc3)ccc1n2CC1CO1. The maximum absolute atomic E-state index is 5.65. The maximum Gasteiger partial charge on any atom is 0.0988 e. The van der Waals surface area contributed by atoms with Gasteiger partial charge in [-0.1, -0.05) is 84.9 Å². The quantitative estimate of drug-likeness (QED) is 0.0879. The van der Waals surface area contributed by atoms with Crippen molar-refractivity contribution < 1.29 is 4.74 Å². The molecule has 2 heterocycles. The standard InChI is InChI=1S/C41H33N5O/c1-5-13-33(14-6-1)45(34-15-7-2-8-16-34)42-27-31-21-23-40-38(25-31)39-26-32(22-24-41(39)44(40)29-37-30-47-37)28-43-46(35-17-9-3-10-18-35)36-19-11-4-12-20-36/h1-28,37H,29-30H2. The van der Waals surface area contributed by atoms with Gasteiger partial charge in [-0.05, 0) is 83.9 Å². The normalized spacial score (nSPS) is 14.3. The Labute approximate surface area is 274 Å². The Morgan fingerprint density at radius 3 is 1.23 bits per heavy atom. The monoisotopic (exact) mass is 611 g/mol. The van der Waals surface area contributed by atoms with Gasteiger partial charge in [0.1, 0.15) is 0 Å². The first-order valence-electron chi connectivity index (χ1n) is 15.9.